The van der Waals surface area contributed by atoms with E-state index in [0.717, 1.165) is 23.6 Å². The summed E-state index contributed by atoms with van der Waals surface area (Å²) in [5, 5.41) is 3.51. The molecule has 3 nitrogen and oxygen atoms in total. The number of hydrogen-bond donors (Lipinski definition) is 1. The Morgan fingerprint density at radius 3 is 2.81 bits per heavy atom. The van der Waals surface area contributed by atoms with Crippen LogP contribution in [0.4, 0.5) is 5.69 Å². The average Bonchev–Trinajstić information content (AvgIpc) is 2.81. The first-order chi connectivity index (χ1) is 10.1. The third-order valence-corrected chi connectivity index (χ3v) is 3.84. The van der Waals surface area contributed by atoms with Gasteiger partial charge >= 0.3 is 0 Å². The minimum atomic E-state index is 0.546. The van der Waals surface area contributed by atoms with Gasteiger partial charge in [0.1, 0.15) is 5.65 Å². The zero-order valence-corrected chi connectivity index (χ0v) is 12.8. The lowest BCUT2D eigenvalue weighted by Gasteiger charge is -2.11. The van der Waals surface area contributed by atoms with Crippen LogP contribution in [0.5, 0.6) is 0 Å². The van der Waals surface area contributed by atoms with Crippen molar-refractivity contribution in [3.63, 3.8) is 0 Å². The minimum absolute atomic E-state index is 0.546. The second-order valence-corrected chi connectivity index (χ2v) is 5.71. The molecule has 2 aromatic heterocycles. The molecule has 0 saturated carbocycles. The van der Waals surface area contributed by atoms with Gasteiger partial charge in [-0.3, -0.25) is 0 Å². The van der Waals surface area contributed by atoms with E-state index in [-0.39, 0.29) is 0 Å². The number of aryl methyl sites for hydroxylation is 1. The number of rotatable bonds is 4. The van der Waals surface area contributed by atoms with Gasteiger partial charge in [0.05, 0.1) is 17.9 Å². The topological polar surface area (TPSA) is 29.3 Å². The quantitative estimate of drug-likeness (QED) is 0.768. The molecule has 3 heteroatoms. The summed E-state index contributed by atoms with van der Waals surface area (Å²) in [4.78, 5) is 4.59. The first kappa shape index (κ1) is 13.7. The highest BCUT2D eigenvalue weighted by molar-refractivity contribution is 5.48. The molecule has 21 heavy (non-hydrogen) atoms. The average molecular weight is 279 g/mol. The van der Waals surface area contributed by atoms with Crippen LogP contribution in [0.15, 0.2) is 48.7 Å². The third-order valence-electron chi connectivity index (χ3n) is 3.84. The van der Waals surface area contributed by atoms with Gasteiger partial charge in [-0.2, -0.15) is 0 Å². The highest BCUT2D eigenvalue weighted by Crippen LogP contribution is 2.20. The van der Waals surface area contributed by atoms with Crippen molar-refractivity contribution in [2.24, 2.45) is 0 Å². The number of aromatic nitrogens is 2. The summed E-state index contributed by atoms with van der Waals surface area (Å²) in [5.41, 5.74) is 5.80. The van der Waals surface area contributed by atoms with Crippen LogP contribution < -0.4 is 5.32 Å². The predicted molar refractivity (Wildman–Crippen MR) is 87.8 cm³/mol. The zero-order chi connectivity index (χ0) is 14.8. The van der Waals surface area contributed by atoms with E-state index in [1.165, 1.54) is 11.3 Å². The van der Waals surface area contributed by atoms with Gasteiger partial charge in [-0.05, 0) is 42.7 Å². The van der Waals surface area contributed by atoms with E-state index in [1.807, 2.05) is 18.2 Å². The number of imidazole rings is 1. The highest BCUT2D eigenvalue weighted by atomic mass is 15.0. The number of benzene rings is 1. The first-order valence-electron chi connectivity index (χ1n) is 7.41. The fourth-order valence-electron chi connectivity index (χ4n) is 2.57. The Kier molecular flexibility index (Phi) is 3.65. The van der Waals surface area contributed by atoms with Gasteiger partial charge in [0.25, 0.3) is 0 Å². The maximum Gasteiger partial charge on any atom is 0.137 e. The molecular formula is C18H21N3. The molecule has 2 heterocycles. The lowest BCUT2D eigenvalue weighted by molar-refractivity contribution is 0.866. The van der Waals surface area contributed by atoms with Crippen LogP contribution >= 0.6 is 0 Å². The minimum Gasteiger partial charge on any atom is -0.379 e. The summed E-state index contributed by atoms with van der Waals surface area (Å²) >= 11 is 0. The molecule has 0 aliphatic rings. The van der Waals surface area contributed by atoms with E-state index in [0.29, 0.717) is 5.92 Å². The second kappa shape index (κ2) is 5.60. The molecule has 3 rings (SSSR count). The van der Waals surface area contributed by atoms with Gasteiger partial charge in [0.2, 0.25) is 0 Å². The van der Waals surface area contributed by atoms with Crippen LogP contribution in [0.2, 0.25) is 0 Å². The number of nitrogens with one attached hydrogen (secondary N) is 1. The summed E-state index contributed by atoms with van der Waals surface area (Å²) in [6.45, 7) is 7.27. The summed E-state index contributed by atoms with van der Waals surface area (Å²) in [6, 6.07) is 14.7. The van der Waals surface area contributed by atoms with E-state index in [9.17, 15) is 0 Å². The van der Waals surface area contributed by atoms with Crippen molar-refractivity contribution in [1.29, 1.82) is 0 Å². The molecule has 0 fully saturated rings. The SMILES string of the molecule is Cc1nc2ccccn2c1CNc1cccc(C(C)C)c1. The maximum atomic E-state index is 4.59. The van der Waals surface area contributed by atoms with Gasteiger partial charge in [-0.25, -0.2) is 4.98 Å². The van der Waals surface area contributed by atoms with E-state index in [4.69, 9.17) is 0 Å². The molecule has 0 amide bonds. The standard InChI is InChI=1S/C18H21N3/c1-13(2)15-7-6-8-16(11-15)19-12-17-14(3)20-18-9-4-5-10-21(17)18/h4-11,13,19H,12H2,1-3H3. The van der Waals surface area contributed by atoms with Crippen LogP contribution in [0.25, 0.3) is 5.65 Å². The van der Waals surface area contributed by atoms with Crippen LogP contribution in [0.3, 0.4) is 0 Å². The molecule has 0 radical (unpaired) electrons. The Hall–Kier alpha value is -2.29. The lowest BCUT2D eigenvalue weighted by Crippen LogP contribution is -2.04. The molecule has 0 aliphatic heterocycles. The largest absolute Gasteiger partial charge is 0.379 e. The van der Waals surface area contributed by atoms with Gasteiger partial charge in [0, 0.05) is 11.9 Å². The monoisotopic (exact) mass is 279 g/mol. The maximum absolute atomic E-state index is 4.59. The normalized spacial score (nSPS) is 11.2. The molecule has 0 atom stereocenters. The molecule has 1 N–H and O–H groups in total. The zero-order valence-electron chi connectivity index (χ0n) is 12.8. The van der Waals surface area contributed by atoms with Gasteiger partial charge in [-0.1, -0.05) is 32.0 Å². The van der Waals surface area contributed by atoms with Crippen molar-refractivity contribution in [2.45, 2.75) is 33.2 Å². The van der Waals surface area contributed by atoms with Crippen LogP contribution in [-0.4, -0.2) is 9.38 Å². The molecule has 0 aliphatic carbocycles. The summed E-state index contributed by atoms with van der Waals surface area (Å²) in [7, 11) is 0. The summed E-state index contributed by atoms with van der Waals surface area (Å²) in [6.07, 6.45) is 2.07. The Morgan fingerprint density at radius 1 is 1.14 bits per heavy atom. The summed E-state index contributed by atoms with van der Waals surface area (Å²) < 4.78 is 2.15. The molecule has 0 unspecified atom stereocenters. The van der Waals surface area contributed by atoms with E-state index in [2.05, 4.69) is 65.9 Å². The van der Waals surface area contributed by atoms with E-state index in [1.54, 1.807) is 0 Å². The highest BCUT2D eigenvalue weighted by Gasteiger charge is 2.08. The Bertz CT molecular complexity index is 756. The fraction of sp³-hybridized carbons (Fsp3) is 0.278. The molecule has 0 saturated heterocycles. The summed E-state index contributed by atoms with van der Waals surface area (Å²) in [5.74, 6) is 0.546. The van der Waals surface area contributed by atoms with Crippen molar-refractivity contribution in [1.82, 2.24) is 9.38 Å². The van der Waals surface area contributed by atoms with Crippen molar-refractivity contribution in [3.05, 3.63) is 65.6 Å². The molecule has 3 aromatic rings. The Morgan fingerprint density at radius 2 is 2.00 bits per heavy atom. The molecule has 0 bridgehead atoms. The predicted octanol–water partition coefficient (Wildman–Crippen LogP) is 4.38. The Balaban J connectivity index is 1.83. The molecule has 1 aromatic carbocycles. The first-order valence-corrected chi connectivity index (χ1v) is 7.41. The Labute approximate surface area is 125 Å². The van der Waals surface area contributed by atoms with Gasteiger partial charge < -0.3 is 9.72 Å². The molecule has 108 valence electrons. The van der Waals surface area contributed by atoms with Crippen LogP contribution in [-0.2, 0) is 6.54 Å². The number of anilines is 1. The van der Waals surface area contributed by atoms with Crippen molar-refractivity contribution < 1.29 is 0 Å². The van der Waals surface area contributed by atoms with E-state index >= 15 is 0 Å². The van der Waals surface area contributed by atoms with Crippen molar-refractivity contribution >= 4 is 11.3 Å². The van der Waals surface area contributed by atoms with E-state index < -0.39 is 0 Å². The fourth-order valence-corrected chi connectivity index (χ4v) is 2.57. The van der Waals surface area contributed by atoms with Crippen LogP contribution in [0, 0.1) is 6.92 Å². The van der Waals surface area contributed by atoms with Crippen molar-refractivity contribution in [2.75, 3.05) is 5.32 Å². The third kappa shape index (κ3) is 2.77. The van der Waals surface area contributed by atoms with Gasteiger partial charge in [-0.15, -0.1) is 0 Å². The molecule has 0 spiro atoms. The lowest BCUT2D eigenvalue weighted by atomic mass is 10.0. The number of hydrogen-bond acceptors (Lipinski definition) is 2. The van der Waals surface area contributed by atoms with Crippen LogP contribution in [0.1, 0.15) is 36.7 Å². The number of nitrogens with zero attached hydrogens (tertiary/aromatic N) is 2. The smallest absolute Gasteiger partial charge is 0.137 e. The number of fused-ring (bicyclic) bond motifs is 1. The van der Waals surface area contributed by atoms with Gasteiger partial charge in [0.15, 0.2) is 0 Å². The number of pyridine rings is 1. The second-order valence-electron chi connectivity index (χ2n) is 5.71. The molecular weight excluding hydrogens is 258 g/mol. The van der Waals surface area contributed by atoms with Crippen molar-refractivity contribution in [3.8, 4) is 0 Å².